The Hall–Kier alpha value is -1.10. The molecule has 0 aromatic carbocycles. The normalized spacial score (nSPS) is 9.77. The number of hydrogen-bond acceptors (Lipinski definition) is 5. The molecule has 5 heteroatoms. The van der Waals surface area contributed by atoms with Crippen LogP contribution in [0.25, 0.3) is 0 Å². The molecule has 0 saturated heterocycles. The summed E-state index contributed by atoms with van der Waals surface area (Å²) in [5, 5.41) is 3.71. The summed E-state index contributed by atoms with van der Waals surface area (Å²) in [5.41, 5.74) is 0. The lowest BCUT2D eigenvalue weighted by molar-refractivity contribution is 0.0533. The molecule has 0 atom stereocenters. The van der Waals surface area contributed by atoms with Crippen LogP contribution in [-0.2, 0) is 4.74 Å². The highest BCUT2D eigenvalue weighted by atomic mass is 32.1. The number of nitrogens with one attached hydrogen (secondary N) is 1. The molecule has 0 radical (unpaired) electrons. The smallest absolute Gasteiger partial charge is 0.352 e. The number of thiazole rings is 1. The third-order valence-corrected chi connectivity index (χ3v) is 2.38. The van der Waals surface area contributed by atoms with Crippen LogP contribution in [0.2, 0.25) is 0 Å². The van der Waals surface area contributed by atoms with E-state index in [0.717, 1.165) is 5.01 Å². The van der Waals surface area contributed by atoms with E-state index in [1.165, 1.54) is 11.3 Å². The van der Waals surface area contributed by atoms with E-state index in [1.54, 1.807) is 14.0 Å². The Labute approximate surface area is 80.9 Å². The van der Waals surface area contributed by atoms with Gasteiger partial charge in [0.05, 0.1) is 11.6 Å². The number of aryl methyl sites for hydroxylation is 1. The Morgan fingerprint density at radius 2 is 2.38 bits per heavy atom. The summed E-state index contributed by atoms with van der Waals surface area (Å²) >= 11 is 1.34. The minimum Gasteiger partial charge on any atom is -0.462 e. The third-order valence-electron chi connectivity index (χ3n) is 1.43. The maximum absolute atomic E-state index is 11.3. The van der Waals surface area contributed by atoms with Crippen molar-refractivity contribution in [3.8, 4) is 0 Å². The molecule has 0 fully saturated rings. The maximum Gasteiger partial charge on any atom is 0.352 e. The van der Waals surface area contributed by atoms with Crippen LogP contribution in [0.5, 0.6) is 0 Å². The van der Waals surface area contributed by atoms with E-state index in [1.807, 2.05) is 6.92 Å². The lowest BCUT2D eigenvalue weighted by Gasteiger charge is -2.00. The third kappa shape index (κ3) is 2.18. The highest BCUT2D eigenvalue weighted by Crippen LogP contribution is 2.22. The summed E-state index contributed by atoms with van der Waals surface area (Å²) < 4.78 is 4.88. The summed E-state index contributed by atoms with van der Waals surface area (Å²) in [6.07, 6.45) is 0. The molecule has 1 aromatic heterocycles. The molecule has 1 aromatic rings. The second-order valence-electron chi connectivity index (χ2n) is 2.38. The van der Waals surface area contributed by atoms with E-state index in [0.29, 0.717) is 17.3 Å². The number of carbonyl (C=O) groups excluding carboxylic acids is 1. The molecule has 0 aliphatic rings. The SMILES string of the molecule is CCOC(=O)c1sc(C)nc1NC. The lowest BCUT2D eigenvalue weighted by Crippen LogP contribution is -2.05. The second-order valence-corrected chi connectivity index (χ2v) is 3.58. The average Bonchev–Trinajstić information content (AvgIpc) is 2.47. The fraction of sp³-hybridized carbons (Fsp3) is 0.500. The van der Waals surface area contributed by atoms with Gasteiger partial charge in [-0.15, -0.1) is 11.3 Å². The Morgan fingerprint density at radius 1 is 1.69 bits per heavy atom. The van der Waals surface area contributed by atoms with Crippen molar-refractivity contribution in [2.45, 2.75) is 13.8 Å². The Kier molecular flexibility index (Phi) is 3.25. The van der Waals surface area contributed by atoms with Crippen LogP contribution in [0.4, 0.5) is 5.82 Å². The van der Waals surface area contributed by atoms with Crippen molar-refractivity contribution in [3.05, 3.63) is 9.88 Å². The van der Waals surface area contributed by atoms with Gasteiger partial charge < -0.3 is 10.1 Å². The number of anilines is 1. The standard InChI is InChI=1S/C8H12N2O2S/c1-4-12-8(11)6-7(9-3)10-5(2)13-6/h9H,4H2,1-3H3. The molecule has 0 aliphatic heterocycles. The molecule has 72 valence electrons. The van der Waals surface area contributed by atoms with Gasteiger partial charge in [-0.3, -0.25) is 0 Å². The number of nitrogens with zero attached hydrogens (tertiary/aromatic N) is 1. The van der Waals surface area contributed by atoms with Crippen LogP contribution in [0.15, 0.2) is 0 Å². The van der Waals surface area contributed by atoms with Crippen LogP contribution >= 0.6 is 11.3 Å². The van der Waals surface area contributed by atoms with Gasteiger partial charge in [-0.25, -0.2) is 9.78 Å². The zero-order chi connectivity index (χ0) is 9.84. The van der Waals surface area contributed by atoms with E-state index in [9.17, 15) is 4.79 Å². The minimum atomic E-state index is -0.308. The number of hydrogen-bond donors (Lipinski definition) is 1. The van der Waals surface area contributed by atoms with E-state index < -0.39 is 0 Å². The summed E-state index contributed by atoms with van der Waals surface area (Å²) in [4.78, 5) is 16.0. The van der Waals surface area contributed by atoms with Crippen molar-refractivity contribution in [2.75, 3.05) is 19.0 Å². The second kappa shape index (κ2) is 4.23. The lowest BCUT2D eigenvalue weighted by atomic mass is 10.5. The van der Waals surface area contributed by atoms with Crippen molar-refractivity contribution in [1.29, 1.82) is 0 Å². The van der Waals surface area contributed by atoms with Gasteiger partial charge in [-0.05, 0) is 13.8 Å². The molecule has 0 unspecified atom stereocenters. The molecule has 13 heavy (non-hydrogen) atoms. The first-order chi connectivity index (χ1) is 6.19. The first-order valence-corrected chi connectivity index (χ1v) is 4.83. The predicted molar refractivity (Wildman–Crippen MR) is 52.4 cm³/mol. The Morgan fingerprint density at radius 3 is 2.92 bits per heavy atom. The monoisotopic (exact) mass is 200 g/mol. The number of carbonyl (C=O) groups is 1. The molecular formula is C8H12N2O2S. The molecule has 0 amide bonds. The molecule has 0 saturated carbocycles. The number of ether oxygens (including phenoxy) is 1. The van der Waals surface area contributed by atoms with Gasteiger partial charge >= 0.3 is 5.97 Å². The predicted octanol–water partition coefficient (Wildman–Crippen LogP) is 1.67. The van der Waals surface area contributed by atoms with Crippen LogP contribution in [-0.4, -0.2) is 24.6 Å². The Balaban J connectivity index is 2.91. The highest BCUT2D eigenvalue weighted by molar-refractivity contribution is 7.14. The van der Waals surface area contributed by atoms with Crippen LogP contribution in [0.3, 0.4) is 0 Å². The van der Waals surface area contributed by atoms with Crippen molar-refractivity contribution in [2.24, 2.45) is 0 Å². The van der Waals surface area contributed by atoms with Gasteiger partial charge in [0.15, 0.2) is 10.7 Å². The molecule has 1 N–H and O–H groups in total. The molecule has 1 rings (SSSR count). The zero-order valence-electron chi connectivity index (χ0n) is 7.88. The quantitative estimate of drug-likeness (QED) is 0.754. The van der Waals surface area contributed by atoms with Crippen molar-refractivity contribution in [1.82, 2.24) is 4.98 Å². The molecule has 0 spiro atoms. The fourth-order valence-electron chi connectivity index (χ4n) is 0.931. The maximum atomic E-state index is 11.3. The summed E-state index contributed by atoms with van der Waals surface area (Å²) in [7, 11) is 1.73. The summed E-state index contributed by atoms with van der Waals surface area (Å²) in [6.45, 7) is 4.03. The topological polar surface area (TPSA) is 51.2 Å². The number of esters is 1. The number of rotatable bonds is 3. The van der Waals surface area contributed by atoms with E-state index in [-0.39, 0.29) is 5.97 Å². The van der Waals surface area contributed by atoms with E-state index in [2.05, 4.69) is 10.3 Å². The molecule has 1 heterocycles. The Bertz CT molecular complexity index is 309. The number of aromatic nitrogens is 1. The van der Waals surface area contributed by atoms with Gasteiger partial charge in [-0.1, -0.05) is 0 Å². The average molecular weight is 200 g/mol. The molecular weight excluding hydrogens is 188 g/mol. The zero-order valence-corrected chi connectivity index (χ0v) is 8.70. The summed E-state index contributed by atoms with van der Waals surface area (Å²) in [5.74, 6) is 0.290. The molecule has 0 aliphatic carbocycles. The van der Waals surface area contributed by atoms with E-state index in [4.69, 9.17) is 4.74 Å². The first kappa shape index (κ1) is 9.98. The molecule has 0 bridgehead atoms. The summed E-state index contributed by atoms with van der Waals surface area (Å²) in [6, 6.07) is 0. The molecule has 4 nitrogen and oxygen atoms in total. The fourth-order valence-corrected chi connectivity index (χ4v) is 1.75. The van der Waals surface area contributed by atoms with E-state index >= 15 is 0 Å². The van der Waals surface area contributed by atoms with Gasteiger partial charge in [0.25, 0.3) is 0 Å². The van der Waals surface area contributed by atoms with Crippen LogP contribution in [0.1, 0.15) is 21.6 Å². The largest absolute Gasteiger partial charge is 0.462 e. The van der Waals surface area contributed by atoms with Crippen molar-refractivity contribution < 1.29 is 9.53 Å². The van der Waals surface area contributed by atoms with Crippen molar-refractivity contribution in [3.63, 3.8) is 0 Å². The minimum absolute atomic E-state index is 0.308. The van der Waals surface area contributed by atoms with Gasteiger partial charge in [0, 0.05) is 7.05 Å². The van der Waals surface area contributed by atoms with Gasteiger partial charge in [-0.2, -0.15) is 0 Å². The van der Waals surface area contributed by atoms with Crippen LogP contribution in [0, 0.1) is 6.92 Å². The highest BCUT2D eigenvalue weighted by Gasteiger charge is 2.16. The van der Waals surface area contributed by atoms with Gasteiger partial charge in [0.1, 0.15) is 0 Å². The first-order valence-electron chi connectivity index (χ1n) is 4.01. The van der Waals surface area contributed by atoms with Crippen molar-refractivity contribution >= 4 is 23.1 Å². The van der Waals surface area contributed by atoms with Gasteiger partial charge in [0.2, 0.25) is 0 Å². The van der Waals surface area contributed by atoms with Crippen LogP contribution < -0.4 is 5.32 Å².